The van der Waals surface area contributed by atoms with Crippen molar-refractivity contribution in [2.75, 3.05) is 0 Å². The molecular weight excluding hydrogens is 362 g/mol. The summed E-state index contributed by atoms with van der Waals surface area (Å²) in [6.45, 7) is 2.01. The first-order valence-corrected chi connectivity index (χ1v) is 8.91. The van der Waals surface area contributed by atoms with Gasteiger partial charge in [0.05, 0.1) is 16.6 Å². The number of aryl methyl sites for hydroxylation is 2. The summed E-state index contributed by atoms with van der Waals surface area (Å²) < 4.78 is 4.55. The van der Waals surface area contributed by atoms with Gasteiger partial charge >= 0.3 is 5.69 Å². The summed E-state index contributed by atoms with van der Waals surface area (Å²) in [7, 11) is 3.16. The summed E-state index contributed by atoms with van der Waals surface area (Å²) >= 11 is 6.48. The van der Waals surface area contributed by atoms with Crippen molar-refractivity contribution in [2.24, 2.45) is 14.1 Å². The van der Waals surface area contributed by atoms with Crippen LogP contribution in [0.5, 0.6) is 0 Å². The molecule has 5 nitrogen and oxygen atoms in total. The smallest absolute Gasteiger partial charge is 0.314 e. The van der Waals surface area contributed by atoms with Crippen molar-refractivity contribution in [3.05, 3.63) is 86.2 Å². The molecular formula is C21H18ClN3O2. The Kier molecular flexibility index (Phi) is 4.04. The maximum atomic E-state index is 13.0. The van der Waals surface area contributed by atoms with Crippen LogP contribution in [0.4, 0.5) is 0 Å². The van der Waals surface area contributed by atoms with E-state index < -0.39 is 0 Å². The van der Waals surface area contributed by atoms with Crippen LogP contribution < -0.4 is 11.2 Å². The number of hydrogen-bond acceptors (Lipinski definition) is 2. The SMILES string of the molecule is Cc1cccc(-n2cc3c(c2-c2ccccc2Cl)c(=O)n(C)c(=O)n3C)c1. The van der Waals surface area contributed by atoms with Crippen molar-refractivity contribution in [3.63, 3.8) is 0 Å². The van der Waals surface area contributed by atoms with E-state index in [1.807, 2.05) is 60.2 Å². The molecule has 0 bridgehead atoms. The van der Waals surface area contributed by atoms with E-state index in [-0.39, 0.29) is 11.2 Å². The van der Waals surface area contributed by atoms with E-state index in [4.69, 9.17) is 11.6 Å². The molecule has 0 amide bonds. The van der Waals surface area contributed by atoms with Crippen LogP contribution >= 0.6 is 11.6 Å². The zero-order valence-electron chi connectivity index (χ0n) is 15.2. The van der Waals surface area contributed by atoms with Gasteiger partial charge in [-0.2, -0.15) is 0 Å². The maximum Gasteiger partial charge on any atom is 0.330 e. The second-order valence-corrected chi connectivity index (χ2v) is 7.04. The number of aromatic nitrogens is 3. The molecule has 0 saturated carbocycles. The van der Waals surface area contributed by atoms with Gasteiger partial charge in [0, 0.05) is 36.6 Å². The zero-order valence-corrected chi connectivity index (χ0v) is 16.0. The van der Waals surface area contributed by atoms with E-state index in [0.29, 0.717) is 21.6 Å². The van der Waals surface area contributed by atoms with Crippen molar-refractivity contribution in [1.82, 2.24) is 13.7 Å². The molecule has 2 aromatic carbocycles. The first kappa shape index (κ1) is 17.4. The van der Waals surface area contributed by atoms with Gasteiger partial charge in [-0.05, 0) is 30.7 Å². The molecule has 0 aliphatic rings. The third-order valence-electron chi connectivity index (χ3n) is 4.85. The van der Waals surface area contributed by atoms with Gasteiger partial charge in [-0.3, -0.25) is 13.9 Å². The fourth-order valence-corrected chi connectivity index (χ4v) is 3.67. The van der Waals surface area contributed by atoms with Gasteiger partial charge in [-0.1, -0.05) is 41.9 Å². The van der Waals surface area contributed by atoms with E-state index in [2.05, 4.69) is 0 Å². The predicted octanol–water partition coefficient (Wildman–Crippen LogP) is 3.66. The van der Waals surface area contributed by atoms with Gasteiger partial charge in [0.1, 0.15) is 0 Å². The molecule has 0 aliphatic carbocycles. The summed E-state index contributed by atoms with van der Waals surface area (Å²) in [6.07, 6.45) is 1.82. The van der Waals surface area contributed by atoms with E-state index in [9.17, 15) is 9.59 Å². The molecule has 27 heavy (non-hydrogen) atoms. The highest BCUT2D eigenvalue weighted by Gasteiger charge is 2.21. The summed E-state index contributed by atoms with van der Waals surface area (Å²) in [5.41, 5.74) is 3.28. The highest BCUT2D eigenvalue weighted by Crippen LogP contribution is 2.35. The average molecular weight is 380 g/mol. The molecule has 0 fully saturated rings. The highest BCUT2D eigenvalue weighted by atomic mass is 35.5. The summed E-state index contributed by atoms with van der Waals surface area (Å²) in [5.74, 6) is 0. The van der Waals surface area contributed by atoms with E-state index in [1.54, 1.807) is 13.1 Å². The number of halogens is 1. The highest BCUT2D eigenvalue weighted by molar-refractivity contribution is 6.33. The lowest BCUT2D eigenvalue weighted by atomic mass is 10.1. The second-order valence-electron chi connectivity index (χ2n) is 6.63. The van der Waals surface area contributed by atoms with E-state index in [1.165, 1.54) is 11.6 Å². The van der Waals surface area contributed by atoms with Crippen molar-refractivity contribution < 1.29 is 0 Å². The molecule has 6 heteroatoms. The summed E-state index contributed by atoms with van der Waals surface area (Å²) in [5, 5.41) is 1.01. The molecule has 2 heterocycles. The Bertz CT molecular complexity index is 1310. The minimum Gasteiger partial charge on any atom is -0.314 e. The van der Waals surface area contributed by atoms with Gasteiger partial charge in [0.15, 0.2) is 0 Å². The van der Waals surface area contributed by atoms with E-state index >= 15 is 0 Å². The monoisotopic (exact) mass is 379 g/mol. The number of fused-ring (bicyclic) bond motifs is 1. The lowest BCUT2D eigenvalue weighted by Gasteiger charge is -2.12. The largest absolute Gasteiger partial charge is 0.330 e. The molecule has 136 valence electrons. The third-order valence-corrected chi connectivity index (χ3v) is 5.18. The quantitative estimate of drug-likeness (QED) is 0.533. The summed E-state index contributed by atoms with van der Waals surface area (Å²) in [6, 6.07) is 15.4. The number of nitrogens with zero attached hydrogens (tertiary/aromatic N) is 3. The Morgan fingerprint density at radius 1 is 0.926 bits per heavy atom. The van der Waals surface area contributed by atoms with Gasteiger partial charge in [0.25, 0.3) is 5.56 Å². The average Bonchev–Trinajstić information content (AvgIpc) is 3.05. The number of hydrogen-bond donors (Lipinski definition) is 0. The van der Waals surface area contributed by atoms with Crippen molar-refractivity contribution >= 4 is 22.5 Å². The van der Waals surface area contributed by atoms with Crippen LogP contribution in [0.15, 0.2) is 64.3 Å². The van der Waals surface area contributed by atoms with Crippen LogP contribution in [0.3, 0.4) is 0 Å². The molecule has 0 aliphatic heterocycles. The van der Waals surface area contributed by atoms with Crippen molar-refractivity contribution in [2.45, 2.75) is 6.92 Å². The maximum absolute atomic E-state index is 13.0. The van der Waals surface area contributed by atoms with Crippen LogP contribution in [0, 0.1) is 6.92 Å². The zero-order chi connectivity index (χ0) is 19.3. The summed E-state index contributed by atoms with van der Waals surface area (Å²) in [4.78, 5) is 25.4. The minimum atomic E-state index is -0.361. The molecule has 2 aromatic heterocycles. The Hall–Kier alpha value is -3.05. The molecule has 0 radical (unpaired) electrons. The fourth-order valence-electron chi connectivity index (χ4n) is 3.44. The Labute approximate surface area is 160 Å². The first-order valence-electron chi connectivity index (χ1n) is 8.53. The van der Waals surface area contributed by atoms with Crippen LogP contribution in [0.25, 0.3) is 27.8 Å². The normalized spacial score (nSPS) is 11.3. The molecule has 0 N–H and O–H groups in total. The van der Waals surface area contributed by atoms with Crippen LogP contribution in [0.2, 0.25) is 5.02 Å². The van der Waals surface area contributed by atoms with Crippen LogP contribution in [0.1, 0.15) is 5.56 Å². The molecule has 0 unspecified atom stereocenters. The molecule has 4 rings (SSSR count). The lowest BCUT2D eigenvalue weighted by molar-refractivity contribution is 0.714. The lowest BCUT2D eigenvalue weighted by Crippen LogP contribution is -2.36. The van der Waals surface area contributed by atoms with Crippen LogP contribution in [-0.2, 0) is 14.1 Å². The third kappa shape index (κ3) is 2.62. The van der Waals surface area contributed by atoms with Crippen molar-refractivity contribution in [3.8, 4) is 16.9 Å². The number of rotatable bonds is 2. The predicted molar refractivity (Wildman–Crippen MR) is 109 cm³/mol. The van der Waals surface area contributed by atoms with Crippen molar-refractivity contribution in [1.29, 1.82) is 0 Å². The first-order chi connectivity index (χ1) is 12.9. The second kappa shape index (κ2) is 6.28. The minimum absolute atomic E-state index is 0.338. The number of benzene rings is 2. The topological polar surface area (TPSA) is 48.9 Å². The Balaban J connectivity index is 2.25. The van der Waals surface area contributed by atoms with E-state index in [0.717, 1.165) is 21.4 Å². The fraction of sp³-hybridized carbons (Fsp3) is 0.143. The Morgan fingerprint density at radius 3 is 2.37 bits per heavy atom. The molecule has 4 aromatic rings. The molecule has 0 saturated heterocycles. The standard InChI is InChI=1S/C21H18ClN3O2/c1-13-7-6-8-14(11-13)25-12-17-18(20(26)24(3)21(27)23(17)2)19(25)15-9-4-5-10-16(15)22/h4-12H,1-3H3. The molecule has 0 spiro atoms. The van der Waals surface area contributed by atoms with Crippen LogP contribution in [-0.4, -0.2) is 13.7 Å². The van der Waals surface area contributed by atoms with Gasteiger partial charge in [0.2, 0.25) is 0 Å². The molecule has 0 atom stereocenters. The van der Waals surface area contributed by atoms with Gasteiger partial charge in [-0.25, -0.2) is 4.79 Å². The van der Waals surface area contributed by atoms with Gasteiger partial charge < -0.3 is 4.57 Å². The Morgan fingerprint density at radius 2 is 1.67 bits per heavy atom. The van der Waals surface area contributed by atoms with Gasteiger partial charge in [-0.15, -0.1) is 0 Å².